The summed E-state index contributed by atoms with van der Waals surface area (Å²) in [5.74, 6) is -0.963. The van der Waals surface area contributed by atoms with Crippen LogP contribution in [-0.2, 0) is 0 Å². The number of aliphatic hydroxyl groups is 1. The van der Waals surface area contributed by atoms with Crippen LogP contribution in [0.25, 0.3) is 11.1 Å². The number of hydrogen-bond donors (Lipinski definition) is 2. The van der Waals surface area contributed by atoms with Gasteiger partial charge in [-0.2, -0.15) is 0 Å². The van der Waals surface area contributed by atoms with E-state index in [4.69, 9.17) is 0 Å². The van der Waals surface area contributed by atoms with E-state index in [-0.39, 0.29) is 36.3 Å². The summed E-state index contributed by atoms with van der Waals surface area (Å²) in [5, 5.41) is 13.3. The van der Waals surface area contributed by atoms with Gasteiger partial charge in [0.25, 0.3) is 5.91 Å². The molecule has 3 aromatic rings. The number of nitrogens with zero attached hydrogens (tertiary/aromatic N) is 1. The third-order valence-corrected chi connectivity index (χ3v) is 6.36. The normalized spacial score (nSPS) is 21.9. The largest absolute Gasteiger partial charge is 0.394 e. The van der Waals surface area contributed by atoms with Crippen LogP contribution in [0.15, 0.2) is 66.7 Å². The molecular formula is C25H22F2N2O2. The number of aliphatic hydroxyl groups excluding tert-OH is 1. The van der Waals surface area contributed by atoms with Crippen LogP contribution in [-0.4, -0.2) is 35.1 Å². The number of fused-ring (bicyclic) bond motifs is 3. The van der Waals surface area contributed by atoms with Crippen molar-refractivity contribution in [1.29, 1.82) is 0 Å². The van der Waals surface area contributed by atoms with E-state index in [1.54, 1.807) is 17.0 Å². The smallest absolute Gasteiger partial charge is 0.254 e. The molecule has 0 radical (unpaired) electrons. The molecule has 3 aromatic carbocycles. The zero-order valence-corrected chi connectivity index (χ0v) is 16.8. The van der Waals surface area contributed by atoms with E-state index < -0.39 is 5.82 Å². The molecule has 158 valence electrons. The Morgan fingerprint density at radius 2 is 1.74 bits per heavy atom. The van der Waals surface area contributed by atoms with Gasteiger partial charge in [0.15, 0.2) is 0 Å². The molecule has 3 atom stereocenters. The molecule has 4 nitrogen and oxygen atoms in total. The second kappa shape index (κ2) is 7.78. The SMILES string of the molecule is O=C(c1cccc(F)c1)N1CC[C@@H]2[C@@H](CO)Nc3ccc(-c4cccc(F)c4)cc3[C@@H]21. The molecule has 2 aliphatic rings. The Labute approximate surface area is 179 Å². The van der Waals surface area contributed by atoms with E-state index in [1.165, 1.54) is 30.3 Å². The first-order valence-corrected chi connectivity index (χ1v) is 10.4. The van der Waals surface area contributed by atoms with Crippen molar-refractivity contribution in [3.8, 4) is 11.1 Å². The minimum absolute atomic E-state index is 0.0257. The number of nitrogens with one attached hydrogen (secondary N) is 1. The average molecular weight is 420 g/mol. The molecule has 1 amide bonds. The van der Waals surface area contributed by atoms with Gasteiger partial charge in [-0.25, -0.2) is 8.78 Å². The Kier molecular flexibility index (Phi) is 4.94. The molecule has 6 heteroatoms. The number of amides is 1. The molecule has 2 N–H and O–H groups in total. The number of likely N-dealkylation sites (tertiary alicyclic amines) is 1. The second-order valence-electron chi connectivity index (χ2n) is 8.15. The predicted molar refractivity (Wildman–Crippen MR) is 115 cm³/mol. The summed E-state index contributed by atoms with van der Waals surface area (Å²) in [6, 6.07) is 17.5. The Bertz CT molecular complexity index is 1150. The van der Waals surface area contributed by atoms with Crippen molar-refractivity contribution in [3.63, 3.8) is 0 Å². The molecule has 1 fully saturated rings. The van der Waals surface area contributed by atoms with Gasteiger partial charge in [-0.1, -0.05) is 24.3 Å². The van der Waals surface area contributed by atoms with Gasteiger partial charge in [0.1, 0.15) is 11.6 Å². The lowest BCUT2D eigenvalue weighted by Gasteiger charge is -2.39. The number of carbonyl (C=O) groups excluding carboxylic acids is 1. The van der Waals surface area contributed by atoms with Crippen molar-refractivity contribution in [3.05, 3.63) is 89.5 Å². The summed E-state index contributed by atoms with van der Waals surface area (Å²) in [7, 11) is 0. The fourth-order valence-electron chi connectivity index (χ4n) is 4.93. The van der Waals surface area contributed by atoms with Gasteiger partial charge < -0.3 is 15.3 Å². The summed E-state index contributed by atoms with van der Waals surface area (Å²) in [4.78, 5) is 15.1. The standard InChI is InChI=1S/C25H22F2N2O2/c26-18-5-1-3-15(11-18)16-7-8-22-21(13-16)24-20(23(14-30)28-22)9-10-29(24)25(31)17-4-2-6-19(27)12-17/h1-8,11-13,20,23-24,28,30H,9-10,14H2/t20-,23-,24-/m1/s1. The number of hydrogen-bond acceptors (Lipinski definition) is 3. The molecule has 1 saturated heterocycles. The molecule has 0 saturated carbocycles. The van der Waals surface area contributed by atoms with Gasteiger partial charge in [-0.15, -0.1) is 0 Å². The summed E-state index contributed by atoms with van der Waals surface area (Å²) >= 11 is 0. The van der Waals surface area contributed by atoms with E-state index in [0.717, 1.165) is 28.8 Å². The number of halogens is 2. The highest BCUT2D eigenvalue weighted by Crippen LogP contribution is 2.47. The monoisotopic (exact) mass is 420 g/mol. The zero-order valence-electron chi connectivity index (χ0n) is 16.8. The van der Waals surface area contributed by atoms with E-state index in [2.05, 4.69) is 5.32 Å². The van der Waals surface area contributed by atoms with Gasteiger partial charge in [-0.3, -0.25) is 4.79 Å². The van der Waals surface area contributed by atoms with Crippen LogP contribution in [0.2, 0.25) is 0 Å². The first kappa shape index (κ1) is 19.7. The summed E-state index contributed by atoms with van der Waals surface area (Å²) in [6.45, 7) is 0.473. The first-order chi connectivity index (χ1) is 15.0. The Hall–Kier alpha value is -3.25. The topological polar surface area (TPSA) is 52.6 Å². The zero-order chi connectivity index (χ0) is 21.5. The van der Waals surface area contributed by atoms with Crippen LogP contribution in [0, 0.1) is 17.6 Å². The first-order valence-electron chi connectivity index (χ1n) is 10.4. The molecular weight excluding hydrogens is 398 g/mol. The highest BCUT2D eigenvalue weighted by Gasteiger charge is 2.45. The molecule has 0 aromatic heterocycles. The number of rotatable bonds is 3. The minimum atomic E-state index is -0.450. The summed E-state index contributed by atoms with van der Waals surface area (Å²) < 4.78 is 27.5. The molecule has 0 aliphatic carbocycles. The molecule has 2 aliphatic heterocycles. The number of anilines is 1. The Morgan fingerprint density at radius 1 is 1.00 bits per heavy atom. The highest BCUT2D eigenvalue weighted by molar-refractivity contribution is 5.95. The summed E-state index contributed by atoms with van der Waals surface area (Å²) in [5.41, 5.74) is 3.69. The van der Waals surface area contributed by atoms with Gasteiger partial charge in [-0.05, 0) is 65.6 Å². The lowest BCUT2D eigenvalue weighted by molar-refractivity contribution is 0.0700. The van der Waals surface area contributed by atoms with E-state index in [0.29, 0.717) is 12.1 Å². The van der Waals surface area contributed by atoms with Crippen molar-refractivity contribution < 1.29 is 18.7 Å². The van der Waals surface area contributed by atoms with Crippen LogP contribution in [0.1, 0.15) is 28.4 Å². The summed E-state index contributed by atoms with van der Waals surface area (Å²) in [6.07, 6.45) is 0.730. The predicted octanol–water partition coefficient (Wildman–Crippen LogP) is 4.62. The van der Waals surface area contributed by atoms with Gasteiger partial charge in [0, 0.05) is 23.7 Å². The lowest BCUT2D eigenvalue weighted by atomic mass is 9.82. The van der Waals surface area contributed by atoms with Gasteiger partial charge >= 0.3 is 0 Å². The molecule has 31 heavy (non-hydrogen) atoms. The minimum Gasteiger partial charge on any atom is -0.394 e. The van der Waals surface area contributed by atoms with Crippen LogP contribution >= 0.6 is 0 Å². The average Bonchev–Trinajstić information content (AvgIpc) is 3.23. The maximum absolute atomic E-state index is 13.8. The van der Waals surface area contributed by atoms with Gasteiger partial charge in [0.05, 0.1) is 18.7 Å². The fourth-order valence-corrected chi connectivity index (χ4v) is 4.93. The molecule has 2 heterocycles. The lowest BCUT2D eigenvalue weighted by Crippen LogP contribution is -2.42. The third kappa shape index (κ3) is 3.47. The van der Waals surface area contributed by atoms with Crippen LogP contribution < -0.4 is 5.32 Å². The van der Waals surface area contributed by atoms with Crippen molar-refractivity contribution >= 4 is 11.6 Å². The maximum atomic E-state index is 13.8. The number of carbonyl (C=O) groups is 1. The van der Waals surface area contributed by atoms with Gasteiger partial charge in [0.2, 0.25) is 0 Å². The van der Waals surface area contributed by atoms with Crippen LogP contribution in [0.3, 0.4) is 0 Å². The second-order valence-corrected chi connectivity index (χ2v) is 8.15. The Morgan fingerprint density at radius 3 is 2.48 bits per heavy atom. The maximum Gasteiger partial charge on any atom is 0.254 e. The van der Waals surface area contributed by atoms with Crippen LogP contribution in [0.4, 0.5) is 14.5 Å². The van der Waals surface area contributed by atoms with E-state index in [1.807, 2.05) is 24.3 Å². The molecule has 5 rings (SSSR count). The highest BCUT2D eigenvalue weighted by atomic mass is 19.1. The quantitative estimate of drug-likeness (QED) is 0.650. The molecule has 0 bridgehead atoms. The number of benzene rings is 3. The van der Waals surface area contributed by atoms with E-state index in [9.17, 15) is 18.7 Å². The van der Waals surface area contributed by atoms with Crippen LogP contribution in [0.5, 0.6) is 0 Å². The molecule has 0 spiro atoms. The molecule has 0 unspecified atom stereocenters. The van der Waals surface area contributed by atoms with Crippen molar-refractivity contribution in [1.82, 2.24) is 4.90 Å². The van der Waals surface area contributed by atoms with Crippen molar-refractivity contribution in [2.24, 2.45) is 5.92 Å². The van der Waals surface area contributed by atoms with Crippen molar-refractivity contribution in [2.45, 2.75) is 18.5 Å². The third-order valence-electron chi connectivity index (χ3n) is 6.36. The fraction of sp³-hybridized carbons (Fsp3) is 0.240. The van der Waals surface area contributed by atoms with Crippen molar-refractivity contribution in [2.75, 3.05) is 18.5 Å². The Balaban J connectivity index is 1.58. The van der Waals surface area contributed by atoms with E-state index >= 15 is 0 Å².